The zero-order chi connectivity index (χ0) is 11.3. The number of halogens is 1. The maximum Gasteiger partial charge on any atom is 0.224 e. The van der Waals surface area contributed by atoms with Crippen molar-refractivity contribution in [2.24, 2.45) is 5.92 Å². The number of aromatic nitrogens is 2. The van der Waals surface area contributed by atoms with Crippen molar-refractivity contribution in [3.05, 3.63) is 17.5 Å². The molecule has 84 valence electrons. The molecule has 0 radical (unpaired) electrons. The van der Waals surface area contributed by atoms with E-state index in [0.717, 1.165) is 6.42 Å². The molecule has 1 unspecified atom stereocenters. The Labute approximate surface area is 94.7 Å². The van der Waals surface area contributed by atoms with Gasteiger partial charge in [-0.3, -0.25) is 0 Å². The first-order valence-corrected chi connectivity index (χ1v) is 5.36. The minimum Gasteiger partial charge on any atom is -0.391 e. The molecule has 0 aliphatic carbocycles. The van der Waals surface area contributed by atoms with Crippen LogP contribution in [0, 0.1) is 5.92 Å². The van der Waals surface area contributed by atoms with Crippen molar-refractivity contribution in [3.63, 3.8) is 0 Å². The summed E-state index contributed by atoms with van der Waals surface area (Å²) in [7, 11) is 0. The standard InChI is InChI=1S/C10H16ClN3O/c1-7(2)5-8(15)6-13-9-3-4-12-10(11)14-9/h3-4,7-8,15H,5-6H2,1-2H3,(H,12,13,14). The van der Waals surface area contributed by atoms with E-state index in [1.807, 2.05) is 0 Å². The van der Waals surface area contributed by atoms with Crippen molar-refractivity contribution in [2.75, 3.05) is 11.9 Å². The van der Waals surface area contributed by atoms with Crippen molar-refractivity contribution in [3.8, 4) is 0 Å². The van der Waals surface area contributed by atoms with E-state index in [1.54, 1.807) is 12.3 Å². The Bertz CT molecular complexity index is 306. The number of anilines is 1. The second-order valence-corrected chi connectivity index (χ2v) is 4.21. The van der Waals surface area contributed by atoms with E-state index < -0.39 is 0 Å². The predicted molar refractivity (Wildman–Crippen MR) is 61.0 cm³/mol. The van der Waals surface area contributed by atoms with Gasteiger partial charge < -0.3 is 10.4 Å². The molecule has 0 aromatic carbocycles. The highest BCUT2D eigenvalue weighted by Crippen LogP contribution is 2.08. The van der Waals surface area contributed by atoms with E-state index in [0.29, 0.717) is 18.3 Å². The third-order valence-corrected chi connectivity index (χ3v) is 2.07. The summed E-state index contributed by atoms with van der Waals surface area (Å²) in [6.45, 7) is 4.63. The molecule has 0 spiro atoms. The van der Waals surface area contributed by atoms with E-state index in [1.165, 1.54) is 0 Å². The summed E-state index contributed by atoms with van der Waals surface area (Å²) in [4.78, 5) is 7.72. The molecular weight excluding hydrogens is 214 g/mol. The van der Waals surface area contributed by atoms with Gasteiger partial charge >= 0.3 is 0 Å². The largest absolute Gasteiger partial charge is 0.391 e. The van der Waals surface area contributed by atoms with Gasteiger partial charge in [-0.1, -0.05) is 13.8 Å². The molecule has 5 heteroatoms. The van der Waals surface area contributed by atoms with Crippen LogP contribution in [0.5, 0.6) is 0 Å². The van der Waals surface area contributed by atoms with E-state index in [4.69, 9.17) is 11.6 Å². The van der Waals surface area contributed by atoms with Crippen LogP contribution in [0.1, 0.15) is 20.3 Å². The third-order valence-electron chi connectivity index (χ3n) is 1.89. The highest BCUT2D eigenvalue weighted by atomic mass is 35.5. The van der Waals surface area contributed by atoms with Crippen LogP contribution in [0.4, 0.5) is 5.82 Å². The molecule has 4 nitrogen and oxygen atoms in total. The second-order valence-electron chi connectivity index (χ2n) is 3.88. The van der Waals surface area contributed by atoms with Gasteiger partial charge in [0.05, 0.1) is 6.10 Å². The normalized spacial score (nSPS) is 12.9. The van der Waals surface area contributed by atoms with Gasteiger partial charge in [-0.25, -0.2) is 9.97 Å². The zero-order valence-corrected chi connectivity index (χ0v) is 9.70. The summed E-state index contributed by atoms with van der Waals surface area (Å²) in [5.41, 5.74) is 0. The number of aliphatic hydroxyl groups is 1. The Morgan fingerprint density at radius 3 is 2.87 bits per heavy atom. The highest BCUT2D eigenvalue weighted by Gasteiger charge is 2.06. The Morgan fingerprint density at radius 2 is 2.27 bits per heavy atom. The van der Waals surface area contributed by atoms with Crippen LogP contribution in [0.3, 0.4) is 0 Å². The lowest BCUT2D eigenvalue weighted by Crippen LogP contribution is -2.21. The molecule has 1 rings (SSSR count). The lowest BCUT2D eigenvalue weighted by atomic mass is 10.1. The fourth-order valence-corrected chi connectivity index (χ4v) is 1.43. The molecule has 0 saturated heterocycles. The molecule has 0 bridgehead atoms. The minimum atomic E-state index is -0.362. The van der Waals surface area contributed by atoms with Crippen LogP contribution in [0.25, 0.3) is 0 Å². The molecule has 15 heavy (non-hydrogen) atoms. The lowest BCUT2D eigenvalue weighted by Gasteiger charge is -2.13. The Balaban J connectivity index is 2.36. The summed E-state index contributed by atoms with van der Waals surface area (Å²) in [5, 5.41) is 12.8. The predicted octanol–water partition coefficient (Wildman–Crippen LogP) is 1.95. The molecule has 1 aromatic heterocycles. The molecule has 0 amide bonds. The average molecular weight is 230 g/mol. The maximum absolute atomic E-state index is 9.61. The van der Waals surface area contributed by atoms with E-state index in [2.05, 4.69) is 29.1 Å². The first-order valence-electron chi connectivity index (χ1n) is 4.98. The first kappa shape index (κ1) is 12.2. The van der Waals surface area contributed by atoms with Crippen LogP contribution in [0.2, 0.25) is 5.28 Å². The fraction of sp³-hybridized carbons (Fsp3) is 0.600. The number of rotatable bonds is 5. The Kier molecular flexibility index (Phi) is 4.78. The number of aliphatic hydroxyl groups excluding tert-OH is 1. The molecule has 0 saturated carbocycles. The Morgan fingerprint density at radius 1 is 1.53 bits per heavy atom. The highest BCUT2D eigenvalue weighted by molar-refractivity contribution is 6.28. The SMILES string of the molecule is CC(C)CC(O)CNc1ccnc(Cl)n1. The van der Waals surface area contributed by atoms with Crippen LogP contribution < -0.4 is 5.32 Å². The smallest absolute Gasteiger partial charge is 0.224 e. The zero-order valence-electron chi connectivity index (χ0n) is 8.94. The number of hydrogen-bond donors (Lipinski definition) is 2. The maximum atomic E-state index is 9.61. The van der Waals surface area contributed by atoms with Gasteiger partial charge in [0.1, 0.15) is 5.82 Å². The van der Waals surface area contributed by atoms with E-state index in [9.17, 15) is 5.11 Å². The summed E-state index contributed by atoms with van der Waals surface area (Å²) in [6.07, 6.45) is 1.98. The molecule has 0 aliphatic heterocycles. The summed E-state index contributed by atoms with van der Waals surface area (Å²) >= 11 is 5.62. The number of nitrogens with zero attached hydrogens (tertiary/aromatic N) is 2. The second kappa shape index (κ2) is 5.88. The van der Waals surface area contributed by atoms with Gasteiger partial charge in [-0.2, -0.15) is 0 Å². The summed E-state index contributed by atoms with van der Waals surface area (Å²) < 4.78 is 0. The van der Waals surface area contributed by atoms with E-state index >= 15 is 0 Å². The van der Waals surface area contributed by atoms with Crippen LogP contribution in [0.15, 0.2) is 12.3 Å². The Hall–Kier alpha value is -0.870. The van der Waals surface area contributed by atoms with Gasteiger partial charge in [-0.05, 0) is 30.0 Å². The van der Waals surface area contributed by atoms with Crippen molar-refractivity contribution in [1.29, 1.82) is 0 Å². The molecule has 1 aromatic rings. The van der Waals surface area contributed by atoms with Crippen LogP contribution in [-0.4, -0.2) is 27.7 Å². The third kappa shape index (κ3) is 4.95. The first-order chi connectivity index (χ1) is 7.08. The van der Waals surface area contributed by atoms with Crippen LogP contribution in [-0.2, 0) is 0 Å². The molecule has 2 N–H and O–H groups in total. The van der Waals surface area contributed by atoms with Gasteiger partial charge in [0.25, 0.3) is 0 Å². The van der Waals surface area contributed by atoms with Gasteiger partial charge in [0.15, 0.2) is 0 Å². The van der Waals surface area contributed by atoms with Crippen molar-refractivity contribution < 1.29 is 5.11 Å². The molecule has 0 aliphatic rings. The van der Waals surface area contributed by atoms with Crippen molar-refractivity contribution in [2.45, 2.75) is 26.4 Å². The topological polar surface area (TPSA) is 58.0 Å². The van der Waals surface area contributed by atoms with Gasteiger partial charge in [-0.15, -0.1) is 0 Å². The molecule has 1 heterocycles. The van der Waals surface area contributed by atoms with Crippen LogP contribution >= 0.6 is 11.6 Å². The lowest BCUT2D eigenvalue weighted by molar-refractivity contribution is 0.161. The molecule has 0 fully saturated rings. The van der Waals surface area contributed by atoms with Crippen molar-refractivity contribution in [1.82, 2.24) is 9.97 Å². The minimum absolute atomic E-state index is 0.207. The van der Waals surface area contributed by atoms with E-state index in [-0.39, 0.29) is 11.4 Å². The monoisotopic (exact) mass is 229 g/mol. The average Bonchev–Trinajstić information content (AvgIpc) is 2.14. The quantitative estimate of drug-likeness (QED) is 0.758. The molecular formula is C10H16ClN3O. The summed E-state index contributed by atoms with van der Waals surface area (Å²) in [5.74, 6) is 1.12. The number of nitrogens with one attached hydrogen (secondary N) is 1. The van der Waals surface area contributed by atoms with Gasteiger partial charge in [0.2, 0.25) is 5.28 Å². The van der Waals surface area contributed by atoms with Gasteiger partial charge in [0, 0.05) is 12.7 Å². The molecule has 1 atom stereocenters. The fourth-order valence-electron chi connectivity index (χ4n) is 1.28. The van der Waals surface area contributed by atoms with Crippen molar-refractivity contribution >= 4 is 17.4 Å². The summed E-state index contributed by atoms with van der Waals surface area (Å²) in [6, 6.07) is 1.72. The number of hydrogen-bond acceptors (Lipinski definition) is 4.